The lowest BCUT2D eigenvalue weighted by Gasteiger charge is -2.09. The van der Waals surface area contributed by atoms with E-state index in [1.165, 1.54) is 23.9 Å². The zero-order valence-electron chi connectivity index (χ0n) is 15.7. The summed E-state index contributed by atoms with van der Waals surface area (Å²) in [6.45, 7) is 3.24. The van der Waals surface area contributed by atoms with Crippen LogP contribution in [0, 0.1) is 13.8 Å². The summed E-state index contributed by atoms with van der Waals surface area (Å²) in [5, 5.41) is 3.64. The second-order valence-corrected chi connectivity index (χ2v) is 7.79. The van der Waals surface area contributed by atoms with Crippen molar-refractivity contribution < 1.29 is 17.7 Å². The maximum Gasteiger partial charge on any atom is 0.253 e. The molecule has 148 valence electrons. The molecule has 28 heavy (non-hydrogen) atoms. The van der Waals surface area contributed by atoms with Crippen molar-refractivity contribution in [2.75, 3.05) is 13.7 Å². The summed E-state index contributed by atoms with van der Waals surface area (Å²) in [6, 6.07) is 8.59. The number of ether oxygens (including phenoxy) is 1. The third kappa shape index (κ3) is 4.12. The van der Waals surface area contributed by atoms with Gasteiger partial charge in [0.25, 0.3) is 5.56 Å². The minimum absolute atomic E-state index is 0.0211. The Labute approximate surface area is 162 Å². The highest BCUT2D eigenvalue weighted by atomic mass is 32.2. The van der Waals surface area contributed by atoms with Crippen molar-refractivity contribution in [3.8, 4) is 17.0 Å². The van der Waals surface area contributed by atoms with Crippen molar-refractivity contribution in [3.05, 3.63) is 58.5 Å². The third-order valence-corrected chi connectivity index (χ3v) is 5.85. The van der Waals surface area contributed by atoms with E-state index in [9.17, 15) is 13.2 Å². The molecule has 1 N–H and O–H groups in total. The van der Waals surface area contributed by atoms with E-state index < -0.39 is 10.0 Å². The molecule has 0 aliphatic heterocycles. The van der Waals surface area contributed by atoms with Crippen LogP contribution in [0.1, 0.15) is 11.5 Å². The molecule has 0 spiro atoms. The molecule has 10 heteroatoms. The van der Waals surface area contributed by atoms with E-state index in [-0.39, 0.29) is 35.0 Å². The monoisotopic (exact) mass is 404 g/mol. The first-order valence-electron chi connectivity index (χ1n) is 8.45. The number of benzene rings is 1. The first-order chi connectivity index (χ1) is 13.3. The van der Waals surface area contributed by atoms with Crippen LogP contribution in [0.3, 0.4) is 0 Å². The molecular weight excluding hydrogens is 384 g/mol. The molecule has 0 aliphatic rings. The van der Waals surface area contributed by atoms with Crippen LogP contribution in [0.2, 0.25) is 0 Å². The quantitative estimate of drug-likeness (QED) is 0.634. The van der Waals surface area contributed by atoms with Crippen LogP contribution >= 0.6 is 0 Å². The maximum absolute atomic E-state index is 12.4. The van der Waals surface area contributed by atoms with Gasteiger partial charge in [0.1, 0.15) is 16.3 Å². The van der Waals surface area contributed by atoms with Gasteiger partial charge in [-0.05, 0) is 38.1 Å². The van der Waals surface area contributed by atoms with E-state index in [4.69, 9.17) is 9.26 Å². The average molecular weight is 404 g/mol. The number of sulfonamides is 1. The molecule has 0 amide bonds. The number of nitrogens with one attached hydrogen (secondary N) is 1. The Morgan fingerprint density at radius 2 is 1.93 bits per heavy atom. The molecule has 0 radical (unpaired) electrons. The summed E-state index contributed by atoms with van der Waals surface area (Å²) in [4.78, 5) is 16.6. The van der Waals surface area contributed by atoms with E-state index >= 15 is 0 Å². The smallest absolute Gasteiger partial charge is 0.253 e. The molecule has 9 nitrogen and oxygen atoms in total. The molecular formula is C18H20N4O5S. The van der Waals surface area contributed by atoms with Crippen LogP contribution in [-0.4, -0.2) is 36.8 Å². The molecule has 2 heterocycles. The molecule has 0 saturated carbocycles. The lowest BCUT2D eigenvalue weighted by atomic mass is 10.1. The Kier molecular flexibility index (Phi) is 5.61. The summed E-state index contributed by atoms with van der Waals surface area (Å²) >= 11 is 0. The zero-order valence-corrected chi connectivity index (χ0v) is 16.5. The minimum atomic E-state index is -3.77. The van der Waals surface area contributed by atoms with E-state index in [0.717, 1.165) is 5.56 Å². The summed E-state index contributed by atoms with van der Waals surface area (Å²) in [5.41, 5.74) is 1.31. The lowest BCUT2D eigenvalue weighted by molar-refractivity contribution is 0.390. The van der Waals surface area contributed by atoms with Crippen molar-refractivity contribution in [1.29, 1.82) is 0 Å². The Hall–Kier alpha value is -2.98. The molecule has 3 aromatic rings. The summed E-state index contributed by atoms with van der Waals surface area (Å²) in [7, 11) is -2.20. The average Bonchev–Trinajstić information content (AvgIpc) is 3.02. The van der Waals surface area contributed by atoms with Gasteiger partial charge >= 0.3 is 0 Å². The zero-order chi connectivity index (χ0) is 20.3. The van der Waals surface area contributed by atoms with Gasteiger partial charge in [-0.25, -0.2) is 18.1 Å². The van der Waals surface area contributed by atoms with Crippen LogP contribution in [0.25, 0.3) is 11.3 Å². The largest absolute Gasteiger partial charge is 0.497 e. The van der Waals surface area contributed by atoms with E-state index in [1.54, 1.807) is 26.2 Å². The van der Waals surface area contributed by atoms with E-state index in [1.807, 2.05) is 12.1 Å². The van der Waals surface area contributed by atoms with Crippen molar-refractivity contribution in [3.63, 3.8) is 0 Å². The lowest BCUT2D eigenvalue weighted by Crippen LogP contribution is -2.31. The topological polar surface area (TPSA) is 116 Å². The summed E-state index contributed by atoms with van der Waals surface area (Å²) in [5.74, 6) is 0.926. The molecule has 3 rings (SSSR count). The Bertz CT molecular complexity index is 1110. The molecule has 0 fully saturated rings. The number of hydrogen-bond acceptors (Lipinski definition) is 7. The molecule has 1 aromatic carbocycles. The first kappa shape index (κ1) is 19.8. The van der Waals surface area contributed by atoms with E-state index in [2.05, 4.69) is 14.9 Å². The Balaban J connectivity index is 1.69. The van der Waals surface area contributed by atoms with Crippen molar-refractivity contribution in [2.45, 2.75) is 25.3 Å². The predicted octanol–water partition coefficient (Wildman–Crippen LogP) is 1.50. The van der Waals surface area contributed by atoms with Gasteiger partial charge < -0.3 is 9.26 Å². The summed E-state index contributed by atoms with van der Waals surface area (Å²) < 4.78 is 38.5. The van der Waals surface area contributed by atoms with Gasteiger partial charge in [0, 0.05) is 24.7 Å². The predicted molar refractivity (Wildman–Crippen MR) is 102 cm³/mol. The summed E-state index contributed by atoms with van der Waals surface area (Å²) in [6.07, 6.45) is 1.39. The minimum Gasteiger partial charge on any atom is -0.497 e. The SMILES string of the molecule is COc1ccc(-c2cc(=O)n(CCNS(=O)(=O)c3c(C)noc3C)cn2)cc1. The van der Waals surface area contributed by atoms with Gasteiger partial charge in [0.2, 0.25) is 10.0 Å². The van der Waals surface area contributed by atoms with Crippen molar-refractivity contribution >= 4 is 10.0 Å². The fourth-order valence-corrected chi connectivity index (χ4v) is 4.09. The van der Waals surface area contributed by atoms with Gasteiger partial charge in [-0.1, -0.05) is 5.16 Å². The molecule has 0 bridgehead atoms. The number of aromatic nitrogens is 3. The van der Waals surface area contributed by atoms with Gasteiger partial charge in [-0.15, -0.1) is 0 Å². The fraction of sp³-hybridized carbons (Fsp3) is 0.278. The highest BCUT2D eigenvalue weighted by molar-refractivity contribution is 7.89. The normalized spacial score (nSPS) is 11.5. The van der Waals surface area contributed by atoms with Crippen LogP contribution in [0.5, 0.6) is 5.75 Å². The molecule has 0 aliphatic carbocycles. The van der Waals surface area contributed by atoms with Crippen molar-refractivity contribution in [2.24, 2.45) is 0 Å². The fourth-order valence-electron chi connectivity index (χ4n) is 2.74. The molecule has 0 unspecified atom stereocenters. The standard InChI is InChI=1S/C18H20N4O5S/c1-12-18(13(2)27-21-12)28(24,25)20-8-9-22-11-19-16(10-17(22)23)14-4-6-15(26-3)7-5-14/h4-7,10-11,20H,8-9H2,1-3H3. The van der Waals surface area contributed by atoms with Gasteiger partial charge in [-0.2, -0.15) is 0 Å². The van der Waals surface area contributed by atoms with Crippen LogP contribution in [0.15, 0.2) is 50.9 Å². The number of rotatable bonds is 7. The molecule has 2 aromatic heterocycles. The van der Waals surface area contributed by atoms with E-state index in [0.29, 0.717) is 11.4 Å². The number of methoxy groups -OCH3 is 1. The van der Waals surface area contributed by atoms with Gasteiger partial charge in [0.15, 0.2) is 5.76 Å². The number of nitrogens with zero attached hydrogens (tertiary/aromatic N) is 3. The maximum atomic E-state index is 12.4. The van der Waals surface area contributed by atoms with Gasteiger partial charge in [-0.3, -0.25) is 9.36 Å². The Morgan fingerprint density at radius 1 is 1.21 bits per heavy atom. The molecule has 0 saturated heterocycles. The second kappa shape index (κ2) is 7.95. The second-order valence-electron chi connectivity index (χ2n) is 6.09. The van der Waals surface area contributed by atoms with Crippen LogP contribution in [0.4, 0.5) is 0 Å². The Morgan fingerprint density at radius 3 is 2.50 bits per heavy atom. The number of aryl methyl sites for hydroxylation is 2. The number of hydrogen-bond donors (Lipinski definition) is 1. The highest BCUT2D eigenvalue weighted by Gasteiger charge is 2.23. The van der Waals surface area contributed by atoms with Crippen molar-refractivity contribution in [1.82, 2.24) is 19.4 Å². The highest BCUT2D eigenvalue weighted by Crippen LogP contribution is 2.19. The molecule has 0 atom stereocenters. The van der Waals surface area contributed by atoms with Crippen LogP contribution < -0.4 is 15.0 Å². The van der Waals surface area contributed by atoms with Gasteiger partial charge in [0.05, 0.1) is 19.1 Å². The third-order valence-electron chi connectivity index (χ3n) is 4.15. The van der Waals surface area contributed by atoms with Crippen LogP contribution in [-0.2, 0) is 16.6 Å². The first-order valence-corrected chi connectivity index (χ1v) is 9.93.